The topological polar surface area (TPSA) is 130 Å². The van der Waals surface area contributed by atoms with E-state index in [0.29, 0.717) is 29.3 Å². The Kier molecular flexibility index (Phi) is 7.25. The molecule has 4 rings (SSSR count). The fourth-order valence-electron chi connectivity index (χ4n) is 4.67. The average molecular weight is 476 g/mol. The number of pyridine rings is 2. The minimum absolute atomic E-state index is 0.0424. The Morgan fingerprint density at radius 1 is 1.29 bits per heavy atom. The Morgan fingerprint density at radius 2 is 2.11 bits per heavy atom. The minimum atomic E-state index is -0.805. The van der Waals surface area contributed by atoms with Gasteiger partial charge in [-0.1, -0.05) is 24.6 Å². The van der Waals surface area contributed by atoms with Crippen LogP contribution in [0.3, 0.4) is 0 Å². The number of carboxylic acids is 1. The van der Waals surface area contributed by atoms with E-state index in [-0.39, 0.29) is 30.1 Å². The molecule has 4 heterocycles. The zero-order valence-corrected chi connectivity index (χ0v) is 20.0. The van der Waals surface area contributed by atoms with Crippen molar-refractivity contribution in [2.75, 3.05) is 18.0 Å². The number of anilines is 1. The smallest absolute Gasteiger partial charge is 0.303 e. The molecule has 0 aliphatic carbocycles. The third kappa shape index (κ3) is 5.40. The molecule has 1 saturated heterocycles. The van der Waals surface area contributed by atoms with Crippen LogP contribution in [0.4, 0.5) is 5.69 Å². The van der Waals surface area contributed by atoms with Crippen LogP contribution in [0.25, 0.3) is 11.4 Å². The van der Waals surface area contributed by atoms with Crippen molar-refractivity contribution < 1.29 is 9.90 Å². The average Bonchev–Trinajstić information content (AvgIpc) is 3.20. The number of carboxylic acid groups (broad SMARTS) is 1. The van der Waals surface area contributed by atoms with Crippen LogP contribution in [0.15, 0.2) is 35.3 Å². The van der Waals surface area contributed by atoms with E-state index in [0.717, 1.165) is 37.8 Å². The van der Waals surface area contributed by atoms with E-state index in [1.54, 1.807) is 28.4 Å². The van der Waals surface area contributed by atoms with Gasteiger partial charge >= 0.3 is 5.97 Å². The van der Waals surface area contributed by atoms with Gasteiger partial charge in [0.2, 0.25) is 0 Å². The maximum Gasteiger partial charge on any atom is 0.303 e. The molecular formula is C25H29N7O3. The highest BCUT2D eigenvalue weighted by Crippen LogP contribution is 2.29. The Bertz CT molecular complexity index is 1320. The first-order valence-corrected chi connectivity index (χ1v) is 11.9. The lowest BCUT2D eigenvalue weighted by molar-refractivity contribution is -0.138. The second kappa shape index (κ2) is 10.5. The van der Waals surface area contributed by atoms with Gasteiger partial charge in [0.25, 0.3) is 5.56 Å². The molecule has 10 nitrogen and oxygen atoms in total. The molecule has 1 aliphatic rings. The van der Waals surface area contributed by atoms with Gasteiger partial charge in [-0.15, -0.1) is 5.10 Å². The van der Waals surface area contributed by atoms with Gasteiger partial charge in [-0.2, -0.15) is 5.26 Å². The highest BCUT2D eigenvalue weighted by atomic mass is 16.4. The van der Waals surface area contributed by atoms with Crippen LogP contribution in [-0.4, -0.2) is 48.7 Å². The van der Waals surface area contributed by atoms with E-state index in [2.05, 4.69) is 28.3 Å². The highest BCUT2D eigenvalue weighted by molar-refractivity contribution is 5.68. The Hall–Kier alpha value is -4.00. The van der Waals surface area contributed by atoms with Crippen molar-refractivity contribution in [3.8, 4) is 17.5 Å². The lowest BCUT2D eigenvalue weighted by Gasteiger charge is -2.34. The summed E-state index contributed by atoms with van der Waals surface area (Å²) in [5.74, 6) is -0.763. The van der Waals surface area contributed by atoms with Crippen molar-refractivity contribution in [1.82, 2.24) is 24.5 Å². The molecule has 182 valence electrons. The third-order valence-electron chi connectivity index (χ3n) is 6.39. The molecule has 1 atom stereocenters. The molecular weight excluding hydrogens is 446 g/mol. The summed E-state index contributed by atoms with van der Waals surface area (Å²) < 4.78 is 3.26. The minimum Gasteiger partial charge on any atom is -0.481 e. The highest BCUT2D eigenvalue weighted by Gasteiger charge is 2.25. The largest absolute Gasteiger partial charge is 0.481 e. The molecule has 1 N–H and O–H groups in total. The maximum absolute atomic E-state index is 12.5. The molecule has 0 bridgehead atoms. The summed E-state index contributed by atoms with van der Waals surface area (Å²) in [5.41, 5.74) is 3.66. The molecule has 0 saturated carbocycles. The molecule has 35 heavy (non-hydrogen) atoms. The van der Waals surface area contributed by atoms with Crippen LogP contribution in [0.2, 0.25) is 0 Å². The molecule has 0 amide bonds. The zero-order valence-electron chi connectivity index (χ0n) is 20.0. The van der Waals surface area contributed by atoms with E-state index >= 15 is 0 Å². The second-order valence-corrected chi connectivity index (χ2v) is 8.99. The van der Waals surface area contributed by atoms with E-state index in [1.165, 1.54) is 0 Å². The second-order valence-electron chi connectivity index (χ2n) is 8.99. The first-order valence-electron chi connectivity index (χ1n) is 11.9. The van der Waals surface area contributed by atoms with Gasteiger partial charge in [-0.3, -0.25) is 9.59 Å². The molecule has 0 aromatic carbocycles. The molecule has 3 aromatic rings. The van der Waals surface area contributed by atoms with E-state index < -0.39 is 5.97 Å². The zero-order chi connectivity index (χ0) is 24.9. The van der Waals surface area contributed by atoms with Crippen molar-refractivity contribution in [2.24, 2.45) is 13.0 Å². The van der Waals surface area contributed by atoms with Crippen molar-refractivity contribution in [2.45, 2.75) is 45.6 Å². The number of aliphatic carboxylic acids is 1. The van der Waals surface area contributed by atoms with Crippen LogP contribution in [0.1, 0.15) is 49.6 Å². The number of nitrogens with zero attached hydrogens (tertiary/aromatic N) is 7. The van der Waals surface area contributed by atoms with Crippen LogP contribution in [-0.2, 0) is 24.8 Å². The van der Waals surface area contributed by atoms with Gasteiger partial charge in [-0.05, 0) is 42.9 Å². The van der Waals surface area contributed by atoms with Crippen LogP contribution in [0.5, 0.6) is 0 Å². The quantitative estimate of drug-likeness (QED) is 0.526. The SMILES string of the molecule is CCCc1ccc(=O)n(Cc2c(-c3ccc(N4CCC[C@@H](CC(=O)O)C4)c(C#N)n3)nnn2C)c1. The van der Waals surface area contributed by atoms with Crippen molar-refractivity contribution in [1.29, 1.82) is 5.26 Å². The fourth-order valence-corrected chi connectivity index (χ4v) is 4.67. The normalized spacial score (nSPS) is 15.7. The summed E-state index contributed by atoms with van der Waals surface area (Å²) >= 11 is 0. The predicted octanol–water partition coefficient (Wildman–Crippen LogP) is 2.60. The van der Waals surface area contributed by atoms with Gasteiger partial charge < -0.3 is 14.6 Å². The molecule has 0 unspecified atom stereocenters. The number of carbonyl (C=O) groups is 1. The van der Waals surface area contributed by atoms with Gasteiger partial charge in [0, 0.05) is 38.8 Å². The Morgan fingerprint density at radius 3 is 2.86 bits per heavy atom. The molecule has 3 aromatic heterocycles. The monoisotopic (exact) mass is 475 g/mol. The van der Waals surface area contributed by atoms with E-state index in [4.69, 9.17) is 5.11 Å². The van der Waals surface area contributed by atoms with Crippen LogP contribution in [0, 0.1) is 17.2 Å². The lowest BCUT2D eigenvalue weighted by Crippen LogP contribution is -2.36. The number of nitriles is 1. The number of piperidine rings is 1. The van der Waals surface area contributed by atoms with Crippen LogP contribution >= 0.6 is 0 Å². The Balaban J connectivity index is 1.64. The number of hydrogen-bond acceptors (Lipinski definition) is 7. The van der Waals surface area contributed by atoms with Gasteiger partial charge in [0.05, 0.1) is 23.6 Å². The summed E-state index contributed by atoms with van der Waals surface area (Å²) in [7, 11) is 1.77. The summed E-state index contributed by atoms with van der Waals surface area (Å²) in [4.78, 5) is 30.3. The number of aryl methyl sites for hydroxylation is 2. The van der Waals surface area contributed by atoms with Crippen molar-refractivity contribution in [3.05, 3.63) is 57.8 Å². The number of rotatable bonds is 8. The molecule has 1 fully saturated rings. The summed E-state index contributed by atoms with van der Waals surface area (Å²) in [6.45, 7) is 3.70. The fraction of sp³-hybridized carbons (Fsp3) is 0.440. The maximum atomic E-state index is 12.5. The number of hydrogen-bond donors (Lipinski definition) is 1. The summed E-state index contributed by atoms with van der Waals surface area (Å²) in [6.07, 6.45) is 5.57. The first-order chi connectivity index (χ1) is 16.9. The van der Waals surface area contributed by atoms with Gasteiger partial charge in [-0.25, -0.2) is 9.67 Å². The summed E-state index contributed by atoms with van der Waals surface area (Å²) in [5, 5.41) is 27.4. The van der Waals surface area contributed by atoms with Crippen molar-refractivity contribution in [3.63, 3.8) is 0 Å². The standard InChI is InChI=1S/C25H29N7O3/c1-3-5-17-7-10-23(33)32(14-17)16-22-25(28-29-30(22)2)19-8-9-21(20(13-26)27-19)31-11-4-6-18(15-31)12-24(34)35/h7-10,14,18H,3-6,11-12,15-16H2,1-2H3,(H,34,35)/t18-/m0/s1. The molecule has 1 aliphatic heterocycles. The van der Waals surface area contributed by atoms with Gasteiger partial charge in [0.1, 0.15) is 11.8 Å². The van der Waals surface area contributed by atoms with E-state index in [9.17, 15) is 14.9 Å². The third-order valence-corrected chi connectivity index (χ3v) is 6.39. The van der Waals surface area contributed by atoms with Crippen LogP contribution < -0.4 is 10.5 Å². The summed E-state index contributed by atoms with van der Waals surface area (Å²) in [6, 6.07) is 9.26. The molecule has 0 radical (unpaired) electrons. The first kappa shape index (κ1) is 24.1. The Labute approximate surface area is 203 Å². The van der Waals surface area contributed by atoms with E-state index in [1.807, 2.05) is 23.2 Å². The van der Waals surface area contributed by atoms with Crippen molar-refractivity contribution >= 4 is 11.7 Å². The molecule has 0 spiro atoms. The van der Waals surface area contributed by atoms with Gasteiger partial charge in [0.15, 0.2) is 5.69 Å². The predicted molar refractivity (Wildman–Crippen MR) is 130 cm³/mol. The lowest BCUT2D eigenvalue weighted by atomic mass is 9.94. The molecule has 10 heteroatoms. The number of aromatic nitrogens is 5.